The predicted octanol–water partition coefficient (Wildman–Crippen LogP) is 1.18. The fraction of sp³-hybridized carbons (Fsp3) is 0.636. The number of nitrogens with zero attached hydrogens (tertiary/aromatic N) is 2. The van der Waals surface area contributed by atoms with E-state index in [1.54, 1.807) is 0 Å². The largest absolute Gasteiger partial charge is 0.501 e. The van der Waals surface area contributed by atoms with E-state index in [1.165, 1.54) is 6.33 Å². The lowest BCUT2D eigenvalue weighted by Gasteiger charge is -2.23. The van der Waals surface area contributed by atoms with Crippen LogP contribution in [0.4, 0.5) is 0 Å². The molecule has 1 aromatic rings. The van der Waals surface area contributed by atoms with Gasteiger partial charge in [0.2, 0.25) is 5.88 Å². The van der Waals surface area contributed by atoms with Gasteiger partial charge in [-0.05, 0) is 25.1 Å². The molecule has 0 unspecified atom stereocenters. The second-order valence-electron chi connectivity index (χ2n) is 3.92. The van der Waals surface area contributed by atoms with Crippen LogP contribution >= 0.6 is 0 Å². The predicted molar refractivity (Wildman–Crippen MR) is 70.7 cm³/mol. The van der Waals surface area contributed by atoms with E-state index in [-0.39, 0.29) is 0 Å². The van der Waals surface area contributed by atoms with Gasteiger partial charge in [-0.25, -0.2) is 9.97 Å². The lowest BCUT2D eigenvalue weighted by molar-refractivity contribution is 0.302. The van der Waals surface area contributed by atoms with Gasteiger partial charge in [0.1, 0.15) is 29.9 Å². The Labute approximate surface area is 107 Å². The highest BCUT2D eigenvalue weighted by Crippen LogP contribution is 2.41. The van der Waals surface area contributed by atoms with Crippen molar-refractivity contribution in [2.75, 3.05) is 0 Å². The number of rotatable bonds is 3. The summed E-state index contributed by atoms with van der Waals surface area (Å²) in [6.45, 7) is 5.88. The van der Waals surface area contributed by atoms with Crippen molar-refractivity contribution in [1.82, 2.24) is 9.97 Å². The SMILES string of the molecule is CC.[B]C([B])([B])Oc1ncnc(C2CC2)c1C. The van der Waals surface area contributed by atoms with Crippen molar-refractivity contribution in [2.45, 2.75) is 44.8 Å². The zero-order valence-electron chi connectivity index (χ0n) is 10.6. The van der Waals surface area contributed by atoms with E-state index in [9.17, 15) is 0 Å². The summed E-state index contributed by atoms with van der Waals surface area (Å²) in [5.41, 5.74) is 1.87. The van der Waals surface area contributed by atoms with E-state index >= 15 is 0 Å². The zero-order valence-corrected chi connectivity index (χ0v) is 10.6. The van der Waals surface area contributed by atoms with Crippen LogP contribution in [0, 0.1) is 6.92 Å². The Bertz CT molecular complexity index is 375. The van der Waals surface area contributed by atoms with Gasteiger partial charge in [0.25, 0.3) is 0 Å². The van der Waals surface area contributed by atoms with E-state index in [0.29, 0.717) is 11.8 Å². The lowest BCUT2D eigenvalue weighted by Crippen LogP contribution is -2.38. The molecule has 0 aliphatic heterocycles. The van der Waals surface area contributed by atoms with E-state index in [4.69, 9.17) is 28.3 Å². The molecule has 6 heteroatoms. The van der Waals surface area contributed by atoms with E-state index < -0.39 is 5.30 Å². The maximum Gasteiger partial charge on any atom is 0.217 e. The minimum atomic E-state index is -1.69. The van der Waals surface area contributed by atoms with Gasteiger partial charge in [0, 0.05) is 11.5 Å². The van der Waals surface area contributed by atoms with Crippen LogP contribution in [0.15, 0.2) is 6.33 Å². The minimum absolute atomic E-state index is 0.361. The summed E-state index contributed by atoms with van der Waals surface area (Å²) in [6.07, 6.45) is 3.77. The molecule has 3 nitrogen and oxygen atoms in total. The van der Waals surface area contributed by atoms with Crippen molar-refractivity contribution in [3.05, 3.63) is 17.6 Å². The normalized spacial score (nSPS) is 14.8. The maximum atomic E-state index is 5.35. The number of hydrogen-bond acceptors (Lipinski definition) is 3. The van der Waals surface area contributed by atoms with Gasteiger partial charge in [-0.1, -0.05) is 13.8 Å². The molecule has 0 amide bonds. The standard InChI is InChI=1S/C9H9B3N2O.C2H6/c1-5-7(6-2-3-6)13-4-14-8(5)15-9(10,11)12;1-2/h4,6H,2-3H2,1H3;1-2H3. The Balaban J connectivity index is 0.000000686. The first-order valence-corrected chi connectivity index (χ1v) is 5.84. The molecule has 2 rings (SSSR count). The average Bonchev–Trinajstić information content (AvgIpc) is 3.06. The molecule has 1 heterocycles. The minimum Gasteiger partial charge on any atom is -0.501 e. The monoisotopic (exact) mass is 224 g/mol. The molecule has 1 aliphatic rings. The number of hydrogen-bond donors (Lipinski definition) is 0. The second-order valence-corrected chi connectivity index (χ2v) is 3.92. The third-order valence-corrected chi connectivity index (χ3v) is 2.31. The summed E-state index contributed by atoms with van der Waals surface area (Å²) in [4.78, 5) is 8.18. The van der Waals surface area contributed by atoms with Crippen LogP contribution in [-0.4, -0.2) is 38.8 Å². The van der Waals surface area contributed by atoms with Gasteiger partial charge in [-0.2, -0.15) is 0 Å². The highest BCUT2D eigenvalue weighted by molar-refractivity contribution is 6.58. The van der Waals surface area contributed by atoms with E-state index in [2.05, 4.69) is 9.97 Å². The molecular formula is C11H15B3N2O. The van der Waals surface area contributed by atoms with Crippen LogP contribution in [0.1, 0.15) is 43.9 Å². The first-order chi connectivity index (χ1) is 7.97. The second kappa shape index (κ2) is 5.61. The van der Waals surface area contributed by atoms with Crippen molar-refractivity contribution in [2.24, 2.45) is 0 Å². The first kappa shape index (κ1) is 14.1. The molecule has 0 spiro atoms. The Morgan fingerprint density at radius 2 is 1.82 bits per heavy atom. The summed E-state index contributed by atoms with van der Waals surface area (Å²) >= 11 is 0. The molecule has 1 aromatic heterocycles. The highest BCUT2D eigenvalue weighted by atomic mass is 16.5. The summed E-state index contributed by atoms with van der Waals surface area (Å²) < 4.78 is 5.13. The van der Waals surface area contributed by atoms with Gasteiger partial charge in [-0.3, -0.25) is 0 Å². The molecule has 17 heavy (non-hydrogen) atoms. The lowest BCUT2D eigenvalue weighted by atomic mass is 9.52. The maximum absolute atomic E-state index is 5.35. The van der Waals surface area contributed by atoms with Gasteiger partial charge < -0.3 is 4.74 Å². The van der Waals surface area contributed by atoms with Crippen LogP contribution in [0.2, 0.25) is 0 Å². The smallest absolute Gasteiger partial charge is 0.217 e. The molecule has 1 aliphatic carbocycles. The van der Waals surface area contributed by atoms with Gasteiger partial charge in [0.15, 0.2) is 0 Å². The molecule has 0 saturated heterocycles. The summed E-state index contributed by atoms with van der Waals surface area (Å²) in [5, 5.41) is -1.69. The quantitative estimate of drug-likeness (QED) is 0.722. The van der Waals surface area contributed by atoms with Gasteiger partial charge in [0.05, 0.1) is 5.69 Å². The van der Waals surface area contributed by atoms with Crippen LogP contribution in [0.3, 0.4) is 0 Å². The fourth-order valence-corrected chi connectivity index (χ4v) is 1.49. The molecule has 84 valence electrons. The van der Waals surface area contributed by atoms with Crippen molar-refractivity contribution in [3.8, 4) is 5.88 Å². The van der Waals surface area contributed by atoms with Crippen molar-refractivity contribution in [3.63, 3.8) is 0 Å². The Kier molecular flexibility index (Phi) is 4.66. The topological polar surface area (TPSA) is 35.0 Å². The highest BCUT2D eigenvalue weighted by Gasteiger charge is 2.28. The molecule has 6 radical (unpaired) electrons. The van der Waals surface area contributed by atoms with Crippen LogP contribution in [0.25, 0.3) is 0 Å². The third kappa shape index (κ3) is 4.10. The first-order valence-electron chi connectivity index (χ1n) is 5.84. The molecule has 0 bridgehead atoms. The summed E-state index contributed by atoms with van der Waals surface area (Å²) in [5.74, 6) is 0.887. The zero-order chi connectivity index (χ0) is 13.1. The van der Waals surface area contributed by atoms with Crippen molar-refractivity contribution < 1.29 is 4.74 Å². The van der Waals surface area contributed by atoms with Crippen LogP contribution in [-0.2, 0) is 0 Å². The molecule has 0 aromatic carbocycles. The molecular weight excluding hydrogens is 209 g/mol. The van der Waals surface area contributed by atoms with Gasteiger partial charge in [-0.15, -0.1) is 0 Å². The fourth-order valence-electron chi connectivity index (χ4n) is 1.49. The Morgan fingerprint density at radius 3 is 2.29 bits per heavy atom. The van der Waals surface area contributed by atoms with Crippen molar-refractivity contribution >= 4 is 23.5 Å². The average molecular weight is 224 g/mol. The van der Waals surface area contributed by atoms with E-state index in [0.717, 1.165) is 24.1 Å². The van der Waals surface area contributed by atoms with E-state index in [1.807, 2.05) is 20.8 Å². The van der Waals surface area contributed by atoms with Crippen molar-refractivity contribution in [1.29, 1.82) is 0 Å². The Hall–Kier alpha value is -0.925. The molecule has 1 saturated carbocycles. The Morgan fingerprint density at radius 1 is 1.24 bits per heavy atom. The number of ether oxygens (including phenoxy) is 1. The molecule has 1 fully saturated rings. The third-order valence-electron chi connectivity index (χ3n) is 2.31. The van der Waals surface area contributed by atoms with Crippen LogP contribution in [0.5, 0.6) is 5.88 Å². The number of aromatic nitrogens is 2. The summed E-state index contributed by atoms with van der Waals surface area (Å²) in [6, 6.07) is 0. The molecule has 0 atom stereocenters. The van der Waals surface area contributed by atoms with Gasteiger partial charge >= 0.3 is 0 Å². The molecule has 0 N–H and O–H groups in total. The van der Waals surface area contributed by atoms with Crippen LogP contribution < -0.4 is 4.74 Å². The summed E-state index contributed by atoms with van der Waals surface area (Å²) in [7, 11) is 16.1.